The normalized spacial score (nSPS) is 10.6. The molecule has 0 saturated heterocycles. The van der Waals surface area contributed by atoms with Crippen LogP contribution < -0.4 is 9.47 Å². The molecule has 0 saturated carbocycles. The molecule has 29 heavy (non-hydrogen) atoms. The largest absolute Gasteiger partial charge is 0.497 e. The zero-order valence-corrected chi connectivity index (χ0v) is 16.9. The third kappa shape index (κ3) is 4.72. The van der Waals surface area contributed by atoms with E-state index in [1.807, 2.05) is 6.07 Å². The first kappa shape index (κ1) is 20.8. The van der Waals surface area contributed by atoms with Gasteiger partial charge in [-0.2, -0.15) is 0 Å². The number of benzene rings is 2. The molecule has 0 spiro atoms. The fourth-order valence-corrected chi connectivity index (χ4v) is 3.76. The Balaban J connectivity index is 1.85. The Hall–Kier alpha value is -2.97. The second kappa shape index (κ2) is 9.49. The molecular formula is C21H21FN2O4S. The summed E-state index contributed by atoms with van der Waals surface area (Å²) >= 11 is 1.11. The summed E-state index contributed by atoms with van der Waals surface area (Å²) in [6.07, 6.45) is 1.43. The molecule has 152 valence electrons. The minimum absolute atomic E-state index is 0.140. The number of hydrogen-bond acceptors (Lipinski definition) is 6. The number of aliphatic hydroxyl groups is 1. The lowest BCUT2D eigenvalue weighted by molar-refractivity contribution is 0.0711. The maximum Gasteiger partial charge on any atom is 0.265 e. The summed E-state index contributed by atoms with van der Waals surface area (Å²) in [4.78, 5) is 19.1. The molecule has 0 fully saturated rings. The van der Waals surface area contributed by atoms with Crippen LogP contribution in [0.4, 0.5) is 4.39 Å². The number of amides is 1. The first-order chi connectivity index (χ1) is 14.1. The highest BCUT2D eigenvalue weighted by molar-refractivity contribution is 7.16. The zero-order chi connectivity index (χ0) is 20.8. The second-order valence-electron chi connectivity index (χ2n) is 6.14. The van der Waals surface area contributed by atoms with Gasteiger partial charge in [0.1, 0.15) is 27.2 Å². The van der Waals surface area contributed by atoms with Gasteiger partial charge >= 0.3 is 0 Å². The Labute approximate surface area is 172 Å². The third-order valence-corrected chi connectivity index (χ3v) is 5.35. The van der Waals surface area contributed by atoms with Crippen LogP contribution in [0.25, 0.3) is 10.6 Å². The van der Waals surface area contributed by atoms with Gasteiger partial charge in [-0.1, -0.05) is 12.1 Å². The lowest BCUT2D eigenvalue weighted by atomic mass is 10.1. The number of aliphatic hydroxyl groups excluding tert-OH is 1. The SMILES string of the molecule is COc1ccc(CN(CCO)C(=O)c2cnc(-c3ccccc3F)s2)c(OC)c1. The Morgan fingerprint density at radius 1 is 1.21 bits per heavy atom. The summed E-state index contributed by atoms with van der Waals surface area (Å²) in [5.41, 5.74) is 1.12. The molecule has 8 heteroatoms. The quantitative estimate of drug-likeness (QED) is 0.608. The Kier molecular flexibility index (Phi) is 6.79. The molecule has 1 amide bonds. The van der Waals surface area contributed by atoms with Crippen LogP contribution in [0.15, 0.2) is 48.7 Å². The van der Waals surface area contributed by atoms with Gasteiger partial charge in [0.15, 0.2) is 0 Å². The first-order valence-corrected chi connectivity index (χ1v) is 9.70. The summed E-state index contributed by atoms with van der Waals surface area (Å²) in [5.74, 6) is 0.534. The van der Waals surface area contributed by atoms with E-state index in [1.165, 1.54) is 17.2 Å². The fraction of sp³-hybridized carbons (Fsp3) is 0.238. The smallest absolute Gasteiger partial charge is 0.265 e. The molecule has 0 atom stereocenters. The van der Waals surface area contributed by atoms with E-state index >= 15 is 0 Å². The standard InChI is InChI=1S/C21H21FN2O4S/c1-27-15-8-7-14(18(11-15)28-2)13-24(9-10-25)21(26)19-12-23-20(29-19)16-5-3-4-6-17(16)22/h3-8,11-12,25H,9-10,13H2,1-2H3. The van der Waals surface area contributed by atoms with Gasteiger partial charge in [-0.15, -0.1) is 11.3 Å². The van der Waals surface area contributed by atoms with Crippen molar-refractivity contribution in [1.82, 2.24) is 9.88 Å². The van der Waals surface area contributed by atoms with Gasteiger partial charge in [0.2, 0.25) is 0 Å². The topological polar surface area (TPSA) is 71.9 Å². The van der Waals surface area contributed by atoms with Crippen LogP contribution in [-0.4, -0.2) is 48.3 Å². The minimum atomic E-state index is -0.393. The van der Waals surface area contributed by atoms with Crippen LogP contribution in [0.1, 0.15) is 15.2 Å². The van der Waals surface area contributed by atoms with Crippen molar-refractivity contribution in [1.29, 1.82) is 0 Å². The van der Waals surface area contributed by atoms with Crippen LogP contribution in [0.3, 0.4) is 0 Å². The summed E-state index contributed by atoms with van der Waals surface area (Å²) in [6.45, 7) is 0.184. The van der Waals surface area contributed by atoms with E-state index in [0.29, 0.717) is 26.9 Å². The van der Waals surface area contributed by atoms with E-state index in [1.54, 1.807) is 44.6 Å². The number of aromatic nitrogens is 1. The van der Waals surface area contributed by atoms with Crippen molar-refractivity contribution in [3.05, 3.63) is 64.9 Å². The van der Waals surface area contributed by atoms with Crippen molar-refractivity contribution in [3.63, 3.8) is 0 Å². The molecule has 1 aromatic heterocycles. The van der Waals surface area contributed by atoms with Crippen molar-refractivity contribution in [2.75, 3.05) is 27.4 Å². The maximum absolute atomic E-state index is 14.0. The number of halogens is 1. The van der Waals surface area contributed by atoms with Gasteiger partial charge in [0, 0.05) is 30.3 Å². The van der Waals surface area contributed by atoms with Crippen LogP contribution in [0, 0.1) is 5.82 Å². The van der Waals surface area contributed by atoms with E-state index in [9.17, 15) is 14.3 Å². The minimum Gasteiger partial charge on any atom is -0.497 e. The summed E-state index contributed by atoms with van der Waals surface area (Å²) in [5, 5.41) is 9.86. The van der Waals surface area contributed by atoms with E-state index in [0.717, 1.165) is 16.9 Å². The van der Waals surface area contributed by atoms with E-state index in [-0.39, 0.29) is 25.6 Å². The number of nitrogens with zero attached hydrogens (tertiary/aromatic N) is 2. The Morgan fingerprint density at radius 2 is 2.00 bits per heavy atom. The number of rotatable bonds is 8. The van der Waals surface area contributed by atoms with Gasteiger partial charge in [-0.25, -0.2) is 9.37 Å². The molecule has 3 aromatic rings. The second-order valence-corrected chi connectivity index (χ2v) is 7.17. The van der Waals surface area contributed by atoms with Crippen molar-refractivity contribution in [2.45, 2.75) is 6.54 Å². The molecule has 0 aliphatic rings. The van der Waals surface area contributed by atoms with Crippen LogP contribution in [0.2, 0.25) is 0 Å². The molecule has 1 heterocycles. The van der Waals surface area contributed by atoms with E-state index in [2.05, 4.69) is 4.98 Å². The summed E-state index contributed by atoms with van der Waals surface area (Å²) in [7, 11) is 3.10. The van der Waals surface area contributed by atoms with Gasteiger partial charge in [0.25, 0.3) is 5.91 Å². The molecule has 6 nitrogen and oxygen atoms in total. The molecule has 0 bridgehead atoms. The number of hydrogen-bond donors (Lipinski definition) is 1. The van der Waals surface area contributed by atoms with Crippen molar-refractivity contribution >= 4 is 17.2 Å². The molecule has 0 radical (unpaired) electrons. The number of carbonyl (C=O) groups excluding carboxylic acids is 1. The molecule has 1 N–H and O–H groups in total. The molecule has 0 unspecified atom stereocenters. The van der Waals surface area contributed by atoms with Crippen molar-refractivity contribution in [2.24, 2.45) is 0 Å². The predicted octanol–water partition coefficient (Wildman–Crippen LogP) is 3.60. The number of methoxy groups -OCH3 is 2. The lowest BCUT2D eigenvalue weighted by Crippen LogP contribution is -2.32. The lowest BCUT2D eigenvalue weighted by Gasteiger charge is -2.22. The van der Waals surface area contributed by atoms with Crippen LogP contribution >= 0.6 is 11.3 Å². The van der Waals surface area contributed by atoms with E-state index < -0.39 is 5.82 Å². The van der Waals surface area contributed by atoms with Gasteiger partial charge in [0.05, 0.1) is 27.0 Å². The van der Waals surface area contributed by atoms with Crippen LogP contribution in [0.5, 0.6) is 11.5 Å². The predicted molar refractivity (Wildman–Crippen MR) is 109 cm³/mol. The highest BCUT2D eigenvalue weighted by atomic mass is 32.1. The number of thiazole rings is 1. The van der Waals surface area contributed by atoms with E-state index in [4.69, 9.17) is 9.47 Å². The summed E-state index contributed by atoms with van der Waals surface area (Å²) in [6, 6.07) is 11.6. The van der Waals surface area contributed by atoms with Crippen LogP contribution in [-0.2, 0) is 6.54 Å². The van der Waals surface area contributed by atoms with Crippen molar-refractivity contribution in [3.8, 4) is 22.1 Å². The number of ether oxygens (including phenoxy) is 2. The molecule has 3 rings (SSSR count). The van der Waals surface area contributed by atoms with Crippen molar-refractivity contribution < 1.29 is 23.8 Å². The fourth-order valence-electron chi connectivity index (χ4n) is 2.85. The molecule has 0 aliphatic heterocycles. The Bertz CT molecular complexity index is 992. The molecule has 0 aliphatic carbocycles. The van der Waals surface area contributed by atoms with Gasteiger partial charge < -0.3 is 19.5 Å². The third-order valence-electron chi connectivity index (χ3n) is 4.33. The maximum atomic E-state index is 14.0. The molecular weight excluding hydrogens is 395 g/mol. The number of carbonyl (C=O) groups is 1. The average molecular weight is 416 g/mol. The Morgan fingerprint density at radius 3 is 2.69 bits per heavy atom. The monoisotopic (exact) mass is 416 g/mol. The first-order valence-electron chi connectivity index (χ1n) is 8.89. The van der Waals surface area contributed by atoms with Gasteiger partial charge in [-0.05, 0) is 24.3 Å². The zero-order valence-electron chi connectivity index (χ0n) is 16.1. The average Bonchev–Trinajstić information content (AvgIpc) is 3.23. The highest BCUT2D eigenvalue weighted by Crippen LogP contribution is 2.29. The highest BCUT2D eigenvalue weighted by Gasteiger charge is 2.21. The summed E-state index contributed by atoms with van der Waals surface area (Å²) < 4.78 is 24.6. The van der Waals surface area contributed by atoms with Gasteiger partial charge in [-0.3, -0.25) is 4.79 Å². The molecule has 2 aromatic carbocycles.